The molecule has 1 fully saturated rings. The Labute approximate surface area is 161 Å². The predicted octanol–water partition coefficient (Wildman–Crippen LogP) is 3.27. The Hall–Kier alpha value is -2.55. The molecule has 0 spiro atoms. The lowest BCUT2D eigenvalue weighted by Gasteiger charge is -2.26. The molecule has 0 unspecified atom stereocenters. The SMILES string of the molecule is COC(=O)C1(NC(=O)/C(C#N)=C/c2cc(C)n(CC(C)C)c2C)CCCC1. The number of nitrogens with zero attached hydrogens (tertiary/aromatic N) is 2. The largest absolute Gasteiger partial charge is 0.467 e. The lowest BCUT2D eigenvalue weighted by Crippen LogP contribution is -2.53. The maximum atomic E-state index is 12.7. The molecule has 0 radical (unpaired) electrons. The lowest BCUT2D eigenvalue weighted by molar-refractivity contribution is -0.150. The highest BCUT2D eigenvalue weighted by Gasteiger charge is 2.44. The molecular formula is C21H29N3O3. The van der Waals surface area contributed by atoms with Gasteiger partial charge in [0.1, 0.15) is 17.2 Å². The summed E-state index contributed by atoms with van der Waals surface area (Å²) in [5, 5.41) is 12.3. The number of carbonyl (C=O) groups is 2. The number of amides is 1. The summed E-state index contributed by atoms with van der Waals surface area (Å²) < 4.78 is 7.08. The van der Waals surface area contributed by atoms with Gasteiger partial charge < -0.3 is 14.6 Å². The van der Waals surface area contributed by atoms with E-state index in [2.05, 4.69) is 23.7 Å². The molecule has 6 nitrogen and oxygen atoms in total. The zero-order valence-corrected chi connectivity index (χ0v) is 16.9. The fourth-order valence-electron chi connectivity index (χ4n) is 3.76. The lowest BCUT2D eigenvalue weighted by atomic mass is 9.97. The molecule has 1 amide bonds. The number of aryl methyl sites for hydroxylation is 1. The van der Waals surface area contributed by atoms with Crippen LogP contribution in [0.15, 0.2) is 11.6 Å². The van der Waals surface area contributed by atoms with Crippen molar-refractivity contribution in [2.75, 3.05) is 7.11 Å². The minimum atomic E-state index is -1.02. The Bertz CT molecular complexity index is 790. The van der Waals surface area contributed by atoms with Crippen LogP contribution in [-0.4, -0.2) is 29.1 Å². The Balaban J connectivity index is 2.30. The average Bonchev–Trinajstić information content (AvgIpc) is 3.19. The average molecular weight is 371 g/mol. The molecule has 2 rings (SSSR count). The Morgan fingerprint density at radius 2 is 2.00 bits per heavy atom. The second-order valence-corrected chi connectivity index (χ2v) is 7.74. The molecule has 146 valence electrons. The first-order valence-corrected chi connectivity index (χ1v) is 9.43. The number of methoxy groups -OCH3 is 1. The van der Waals surface area contributed by atoms with Crippen molar-refractivity contribution in [3.63, 3.8) is 0 Å². The first kappa shape index (κ1) is 20.8. The van der Waals surface area contributed by atoms with E-state index in [1.54, 1.807) is 6.08 Å². The molecule has 1 aliphatic carbocycles. The number of hydrogen-bond acceptors (Lipinski definition) is 4. The highest BCUT2D eigenvalue weighted by atomic mass is 16.5. The summed E-state index contributed by atoms with van der Waals surface area (Å²) in [6.07, 6.45) is 4.36. The molecule has 0 saturated heterocycles. The summed E-state index contributed by atoms with van der Waals surface area (Å²) in [6, 6.07) is 3.96. The van der Waals surface area contributed by atoms with E-state index in [9.17, 15) is 14.9 Å². The molecule has 1 N–H and O–H groups in total. The van der Waals surface area contributed by atoms with Crippen molar-refractivity contribution in [1.29, 1.82) is 5.26 Å². The maximum absolute atomic E-state index is 12.7. The molecule has 27 heavy (non-hydrogen) atoms. The van der Waals surface area contributed by atoms with Crippen molar-refractivity contribution in [3.05, 3.63) is 28.6 Å². The number of aromatic nitrogens is 1. The molecule has 1 saturated carbocycles. The number of nitriles is 1. The summed E-state index contributed by atoms with van der Waals surface area (Å²) in [5.41, 5.74) is 1.93. The van der Waals surface area contributed by atoms with Crippen LogP contribution in [0.3, 0.4) is 0 Å². The van der Waals surface area contributed by atoms with Crippen LogP contribution in [0.5, 0.6) is 0 Å². The van der Waals surface area contributed by atoms with Crippen molar-refractivity contribution < 1.29 is 14.3 Å². The zero-order valence-electron chi connectivity index (χ0n) is 16.9. The van der Waals surface area contributed by atoms with Gasteiger partial charge in [0, 0.05) is 17.9 Å². The second-order valence-electron chi connectivity index (χ2n) is 7.74. The fraction of sp³-hybridized carbons (Fsp3) is 0.571. The van der Waals surface area contributed by atoms with Crippen LogP contribution < -0.4 is 5.32 Å². The smallest absolute Gasteiger partial charge is 0.331 e. The van der Waals surface area contributed by atoms with E-state index in [0.29, 0.717) is 18.8 Å². The molecule has 1 aliphatic rings. The third-order valence-electron chi connectivity index (χ3n) is 5.21. The summed E-state index contributed by atoms with van der Waals surface area (Å²) in [7, 11) is 1.32. The summed E-state index contributed by atoms with van der Waals surface area (Å²) in [5.74, 6) is -0.480. The van der Waals surface area contributed by atoms with Crippen molar-refractivity contribution in [2.45, 2.75) is 65.5 Å². The number of hydrogen-bond donors (Lipinski definition) is 1. The summed E-state index contributed by atoms with van der Waals surface area (Å²) in [4.78, 5) is 24.9. The standard InChI is InChI=1S/C21H29N3O3/c1-14(2)13-24-15(3)10-17(16(24)4)11-18(12-22)19(25)23-21(20(26)27-5)8-6-7-9-21/h10-11,14H,6-9,13H2,1-5H3,(H,23,25)/b18-11+. The quantitative estimate of drug-likeness (QED) is 0.472. The molecule has 0 aromatic carbocycles. The highest BCUT2D eigenvalue weighted by Crippen LogP contribution is 2.31. The number of rotatable bonds is 6. The van der Waals surface area contributed by atoms with Gasteiger partial charge in [0.2, 0.25) is 0 Å². The molecular weight excluding hydrogens is 342 g/mol. The zero-order chi connectivity index (χ0) is 20.2. The van der Waals surface area contributed by atoms with E-state index in [-0.39, 0.29) is 5.57 Å². The van der Waals surface area contributed by atoms with Gasteiger partial charge in [-0.3, -0.25) is 4.79 Å². The van der Waals surface area contributed by atoms with Gasteiger partial charge in [0.15, 0.2) is 0 Å². The summed E-state index contributed by atoms with van der Waals surface area (Å²) >= 11 is 0. The van der Waals surface area contributed by atoms with E-state index >= 15 is 0 Å². The first-order valence-electron chi connectivity index (χ1n) is 9.43. The third kappa shape index (κ3) is 4.41. The molecule has 0 bridgehead atoms. The number of carbonyl (C=O) groups excluding carboxylic acids is 2. The molecule has 0 aliphatic heterocycles. The molecule has 1 aromatic rings. The number of esters is 1. The van der Waals surface area contributed by atoms with Gasteiger partial charge in [-0.1, -0.05) is 26.7 Å². The minimum Gasteiger partial charge on any atom is -0.467 e. The normalized spacial score (nSPS) is 16.3. The Morgan fingerprint density at radius 1 is 1.37 bits per heavy atom. The maximum Gasteiger partial charge on any atom is 0.331 e. The van der Waals surface area contributed by atoms with E-state index in [0.717, 1.165) is 36.3 Å². The van der Waals surface area contributed by atoms with Gasteiger partial charge in [-0.2, -0.15) is 5.26 Å². The van der Waals surface area contributed by atoms with Crippen molar-refractivity contribution >= 4 is 18.0 Å². The van der Waals surface area contributed by atoms with E-state index in [1.165, 1.54) is 7.11 Å². The monoisotopic (exact) mass is 371 g/mol. The van der Waals surface area contributed by atoms with Crippen LogP contribution in [0.4, 0.5) is 0 Å². The van der Waals surface area contributed by atoms with Crippen LogP contribution in [0.1, 0.15) is 56.5 Å². The molecule has 0 atom stereocenters. The van der Waals surface area contributed by atoms with Gasteiger partial charge in [0.25, 0.3) is 5.91 Å². The third-order valence-corrected chi connectivity index (χ3v) is 5.21. The van der Waals surface area contributed by atoms with E-state index < -0.39 is 17.4 Å². The first-order chi connectivity index (χ1) is 12.7. The van der Waals surface area contributed by atoms with Crippen molar-refractivity contribution in [2.24, 2.45) is 5.92 Å². The van der Waals surface area contributed by atoms with Crippen LogP contribution in [0, 0.1) is 31.1 Å². The Morgan fingerprint density at radius 3 is 2.52 bits per heavy atom. The van der Waals surface area contributed by atoms with Gasteiger partial charge in [0.05, 0.1) is 7.11 Å². The van der Waals surface area contributed by atoms with Gasteiger partial charge in [-0.25, -0.2) is 4.79 Å². The molecule has 1 aromatic heterocycles. The van der Waals surface area contributed by atoms with Crippen LogP contribution in [0.2, 0.25) is 0 Å². The Kier molecular flexibility index (Phi) is 6.48. The van der Waals surface area contributed by atoms with E-state index in [1.807, 2.05) is 26.0 Å². The van der Waals surface area contributed by atoms with Crippen molar-refractivity contribution in [1.82, 2.24) is 9.88 Å². The highest BCUT2D eigenvalue weighted by molar-refractivity contribution is 6.04. The van der Waals surface area contributed by atoms with Gasteiger partial charge in [-0.15, -0.1) is 0 Å². The van der Waals surface area contributed by atoms with E-state index in [4.69, 9.17) is 4.74 Å². The topological polar surface area (TPSA) is 84.1 Å². The van der Waals surface area contributed by atoms with Crippen LogP contribution >= 0.6 is 0 Å². The second kappa shape index (κ2) is 8.43. The van der Waals surface area contributed by atoms with Gasteiger partial charge in [-0.05, 0) is 50.3 Å². The van der Waals surface area contributed by atoms with Gasteiger partial charge >= 0.3 is 5.97 Å². The minimum absolute atomic E-state index is 0.00465. The molecule has 6 heteroatoms. The number of nitrogens with one attached hydrogen (secondary N) is 1. The van der Waals surface area contributed by atoms with Crippen molar-refractivity contribution in [3.8, 4) is 6.07 Å². The predicted molar refractivity (Wildman–Crippen MR) is 104 cm³/mol. The van der Waals surface area contributed by atoms with Crippen LogP contribution in [-0.2, 0) is 20.9 Å². The summed E-state index contributed by atoms with van der Waals surface area (Å²) in [6.45, 7) is 9.18. The van der Waals surface area contributed by atoms with Crippen LogP contribution in [0.25, 0.3) is 6.08 Å². The fourth-order valence-corrected chi connectivity index (χ4v) is 3.76. The number of ether oxygens (including phenoxy) is 1. The molecule has 1 heterocycles.